The number of hydrogen-bond donors (Lipinski definition) is 2. The number of aryl methyl sites for hydroxylation is 3. The van der Waals surface area contributed by atoms with Gasteiger partial charge < -0.3 is 20.3 Å². The van der Waals surface area contributed by atoms with E-state index in [2.05, 4.69) is 45.2 Å². The van der Waals surface area contributed by atoms with Gasteiger partial charge in [0.2, 0.25) is 0 Å². The minimum Gasteiger partial charge on any atom is -0.448 e. The van der Waals surface area contributed by atoms with Crippen molar-refractivity contribution >= 4 is 22.8 Å². The molecule has 4 heterocycles. The van der Waals surface area contributed by atoms with Crippen LogP contribution in [-0.4, -0.2) is 62.9 Å². The Labute approximate surface area is 224 Å². The highest BCUT2D eigenvalue weighted by atomic mass is 16.5. The first-order chi connectivity index (χ1) is 18.3. The normalized spacial score (nSPS) is 24.6. The molecule has 10 heteroatoms. The van der Waals surface area contributed by atoms with Gasteiger partial charge in [-0.3, -0.25) is 9.36 Å². The van der Waals surface area contributed by atoms with Crippen LogP contribution in [0, 0.1) is 19.3 Å². The van der Waals surface area contributed by atoms with Crippen LogP contribution in [0.25, 0.3) is 11.0 Å². The lowest BCUT2D eigenvalue weighted by Crippen LogP contribution is -2.56. The Kier molecular flexibility index (Phi) is 6.32. The van der Waals surface area contributed by atoms with Crippen LogP contribution in [-0.2, 0) is 31.3 Å². The first-order valence-electron chi connectivity index (χ1n) is 14.0. The molecule has 0 unspecified atom stereocenters. The summed E-state index contributed by atoms with van der Waals surface area (Å²) >= 11 is 0. The Hall–Kier alpha value is -3.14. The molecule has 4 aliphatic rings. The van der Waals surface area contributed by atoms with E-state index in [0.717, 1.165) is 48.5 Å². The lowest BCUT2D eigenvalue weighted by molar-refractivity contribution is 0.00551. The number of carbonyl (C=O) groups excluding carboxylic acids is 1. The predicted octanol–water partition coefficient (Wildman–Crippen LogP) is 3.38. The van der Waals surface area contributed by atoms with Gasteiger partial charge in [-0.05, 0) is 63.9 Å². The molecule has 0 saturated heterocycles. The SMILES string of the molecule is CNC(=O)OCCNC12CCC(Cn3nc(C)c4c3CCN(c3cc(C)nc5c3cnn5C)C4)(CC1)CC2. The van der Waals surface area contributed by atoms with Crippen LogP contribution in [0.3, 0.4) is 0 Å². The molecule has 0 atom stereocenters. The van der Waals surface area contributed by atoms with Crippen LogP contribution in [0.1, 0.15) is 61.2 Å². The van der Waals surface area contributed by atoms with Crippen molar-refractivity contribution < 1.29 is 9.53 Å². The molecule has 1 amide bonds. The summed E-state index contributed by atoms with van der Waals surface area (Å²) < 4.78 is 9.39. The number of carbonyl (C=O) groups is 1. The maximum Gasteiger partial charge on any atom is 0.406 e. The van der Waals surface area contributed by atoms with Crippen LogP contribution in [0.5, 0.6) is 0 Å². The van der Waals surface area contributed by atoms with Crippen LogP contribution >= 0.6 is 0 Å². The number of amides is 1. The van der Waals surface area contributed by atoms with E-state index in [-0.39, 0.29) is 11.6 Å². The van der Waals surface area contributed by atoms with E-state index in [1.54, 1.807) is 7.05 Å². The minimum atomic E-state index is -0.363. The van der Waals surface area contributed by atoms with Crippen molar-refractivity contribution in [3.8, 4) is 0 Å². The van der Waals surface area contributed by atoms with Gasteiger partial charge in [0.05, 0.1) is 23.0 Å². The van der Waals surface area contributed by atoms with Crippen molar-refractivity contribution in [3.05, 3.63) is 34.9 Å². The van der Waals surface area contributed by atoms with Gasteiger partial charge >= 0.3 is 6.09 Å². The summed E-state index contributed by atoms with van der Waals surface area (Å²) in [5.41, 5.74) is 7.70. The summed E-state index contributed by atoms with van der Waals surface area (Å²) in [6.07, 6.45) is 9.83. The molecule has 2 bridgehead atoms. The highest BCUT2D eigenvalue weighted by Gasteiger charge is 2.48. The van der Waals surface area contributed by atoms with Gasteiger partial charge in [-0.15, -0.1) is 0 Å². The second-order valence-electron chi connectivity index (χ2n) is 11.7. The first-order valence-corrected chi connectivity index (χ1v) is 14.0. The van der Waals surface area contributed by atoms with Crippen molar-refractivity contribution in [2.75, 3.05) is 31.6 Å². The monoisotopic (exact) mass is 520 g/mol. The second kappa shape index (κ2) is 9.55. The largest absolute Gasteiger partial charge is 0.448 e. The Morgan fingerprint density at radius 2 is 1.92 bits per heavy atom. The van der Waals surface area contributed by atoms with Crippen LogP contribution in [0.2, 0.25) is 0 Å². The zero-order chi connectivity index (χ0) is 26.5. The molecule has 10 nitrogen and oxygen atoms in total. The number of hydrogen-bond acceptors (Lipinski definition) is 7. The van der Waals surface area contributed by atoms with E-state index in [0.29, 0.717) is 18.6 Å². The Bertz CT molecular complexity index is 1330. The molecule has 0 radical (unpaired) electrons. The zero-order valence-corrected chi connectivity index (χ0v) is 23.1. The summed E-state index contributed by atoms with van der Waals surface area (Å²) in [5, 5.41) is 16.9. The molecule has 38 heavy (non-hydrogen) atoms. The summed E-state index contributed by atoms with van der Waals surface area (Å²) in [7, 11) is 3.55. The standard InChI is InChI=1S/C28H40N8O2/c1-19-15-24(21-16-31-34(4)25(21)32-19)35-13-5-23-22(17-35)20(2)33-36(23)18-27-6-9-28(10-7-27,11-8-27)30-12-14-38-26(37)29-3/h15-16,30H,5-14,17-18H2,1-4H3,(H,29,37). The summed E-state index contributed by atoms with van der Waals surface area (Å²) in [5.74, 6) is 0. The summed E-state index contributed by atoms with van der Waals surface area (Å²) in [4.78, 5) is 18.5. The van der Waals surface area contributed by atoms with Crippen molar-refractivity contribution in [2.24, 2.45) is 12.5 Å². The van der Waals surface area contributed by atoms with Gasteiger partial charge in [-0.25, -0.2) is 9.78 Å². The summed E-state index contributed by atoms with van der Waals surface area (Å²) in [6, 6.07) is 2.20. The van der Waals surface area contributed by atoms with E-state index in [4.69, 9.17) is 14.8 Å². The van der Waals surface area contributed by atoms with E-state index in [9.17, 15) is 4.79 Å². The molecule has 3 aromatic heterocycles. The van der Waals surface area contributed by atoms with E-state index < -0.39 is 0 Å². The van der Waals surface area contributed by atoms with Crippen molar-refractivity contribution in [2.45, 2.75) is 77.4 Å². The maximum atomic E-state index is 11.3. The predicted molar refractivity (Wildman–Crippen MR) is 146 cm³/mol. The molecule has 1 aliphatic heterocycles. The number of alkyl carbamates (subject to hydrolysis) is 1. The average Bonchev–Trinajstić information content (AvgIpc) is 3.45. The maximum absolute atomic E-state index is 11.3. The minimum absolute atomic E-state index is 0.202. The van der Waals surface area contributed by atoms with Crippen molar-refractivity contribution in [1.82, 2.24) is 35.2 Å². The molecule has 7 rings (SSSR count). The Balaban J connectivity index is 1.13. The van der Waals surface area contributed by atoms with Gasteiger partial charge in [0.15, 0.2) is 5.65 Å². The smallest absolute Gasteiger partial charge is 0.406 e. The fourth-order valence-electron chi connectivity index (χ4n) is 7.10. The fraction of sp³-hybridized carbons (Fsp3) is 0.643. The van der Waals surface area contributed by atoms with Gasteiger partial charge in [0.1, 0.15) is 6.61 Å². The fourth-order valence-corrected chi connectivity index (χ4v) is 7.10. The number of pyridine rings is 1. The molecule has 2 N–H and O–H groups in total. The third-order valence-corrected chi connectivity index (χ3v) is 9.41. The topological polar surface area (TPSA) is 102 Å². The molecule has 3 aromatic rings. The van der Waals surface area contributed by atoms with Crippen molar-refractivity contribution in [3.63, 3.8) is 0 Å². The highest BCUT2D eigenvalue weighted by molar-refractivity contribution is 5.89. The van der Waals surface area contributed by atoms with Gasteiger partial charge in [-0.2, -0.15) is 10.2 Å². The number of nitrogens with one attached hydrogen (secondary N) is 2. The van der Waals surface area contributed by atoms with Gasteiger partial charge in [-0.1, -0.05) is 0 Å². The van der Waals surface area contributed by atoms with Gasteiger partial charge in [0.25, 0.3) is 0 Å². The molecule has 3 fully saturated rings. The molecular formula is C28H40N8O2. The number of nitrogens with zero attached hydrogens (tertiary/aromatic N) is 6. The quantitative estimate of drug-likeness (QED) is 0.461. The zero-order valence-electron chi connectivity index (χ0n) is 23.1. The molecule has 0 aromatic carbocycles. The number of rotatable bonds is 7. The lowest BCUT2D eigenvalue weighted by atomic mass is 9.57. The van der Waals surface area contributed by atoms with E-state index in [1.165, 1.54) is 55.5 Å². The third-order valence-electron chi connectivity index (χ3n) is 9.41. The van der Waals surface area contributed by atoms with Gasteiger partial charge in [0, 0.05) is 69.2 Å². The molecule has 3 aliphatic carbocycles. The van der Waals surface area contributed by atoms with E-state index >= 15 is 0 Å². The number of anilines is 1. The number of aromatic nitrogens is 5. The Morgan fingerprint density at radius 1 is 1.16 bits per heavy atom. The highest BCUT2D eigenvalue weighted by Crippen LogP contribution is 2.53. The average molecular weight is 521 g/mol. The molecule has 3 saturated carbocycles. The third kappa shape index (κ3) is 4.42. The first kappa shape index (κ1) is 25.2. The second-order valence-corrected chi connectivity index (χ2v) is 11.7. The van der Waals surface area contributed by atoms with E-state index in [1.807, 2.05) is 17.9 Å². The van der Waals surface area contributed by atoms with Crippen molar-refractivity contribution in [1.29, 1.82) is 0 Å². The lowest BCUT2D eigenvalue weighted by Gasteiger charge is -2.54. The summed E-state index contributed by atoms with van der Waals surface area (Å²) in [6.45, 7) is 8.24. The number of fused-ring (bicyclic) bond motifs is 5. The Morgan fingerprint density at radius 3 is 2.66 bits per heavy atom. The van der Waals surface area contributed by atoms with Crippen LogP contribution in [0.15, 0.2) is 12.3 Å². The number of ether oxygens (including phenoxy) is 1. The van der Waals surface area contributed by atoms with Crippen LogP contribution in [0.4, 0.5) is 10.5 Å². The molecule has 0 spiro atoms. The molecular weight excluding hydrogens is 480 g/mol. The van der Waals surface area contributed by atoms with Crippen LogP contribution < -0.4 is 15.5 Å². The molecule has 204 valence electrons.